The fourth-order valence-electron chi connectivity index (χ4n) is 1.40. The molecular formula is C14H23N3O. The van der Waals surface area contributed by atoms with Gasteiger partial charge in [0.05, 0.1) is 11.3 Å². The molecule has 4 heteroatoms. The lowest BCUT2D eigenvalue weighted by atomic mass is 10.1. The summed E-state index contributed by atoms with van der Waals surface area (Å²) < 4.78 is 0. The van der Waals surface area contributed by atoms with E-state index in [-0.39, 0.29) is 11.4 Å². The summed E-state index contributed by atoms with van der Waals surface area (Å²) in [6.07, 6.45) is 3.32. The largest absolute Gasteiger partial charge is 0.384 e. The molecule has 0 atom stereocenters. The predicted octanol–water partition coefficient (Wildman–Crippen LogP) is 2.68. The Kier molecular flexibility index (Phi) is 4.70. The van der Waals surface area contributed by atoms with Crippen LogP contribution in [0.1, 0.15) is 45.0 Å². The van der Waals surface area contributed by atoms with Crippen molar-refractivity contribution in [1.29, 1.82) is 0 Å². The molecule has 1 heterocycles. The Morgan fingerprint density at radius 3 is 2.56 bits per heavy atom. The van der Waals surface area contributed by atoms with Gasteiger partial charge < -0.3 is 10.6 Å². The highest BCUT2D eigenvalue weighted by Crippen LogP contribution is 2.10. The van der Waals surface area contributed by atoms with E-state index >= 15 is 0 Å². The molecule has 0 unspecified atom stereocenters. The van der Waals surface area contributed by atoms with Crippen LogP contribution in [0.15, 0.2) is 18.5 Å². The number of pyridine rings is 1. The molecule has 0 saturated carbocycles. The second-order valence-corrected chi connectivity index (χ2v) is 5.94. The van der Waals surface area contributed by atoms with Crippen LogP contribution in [0.2, 0.25) is 0 Å². The van der Waals surface area contributed by atoms with Crippen molar-refractivity contribution in [1.82, 2.24) is 10.3 Å². The van der Waals surface area contributed by atoms with Gasteiger partial charge in [0.1, 0.15) is 0 Å². The van der Waals surface area contributed by atoms with E-state index in [1.54, 1.807) is 12.4 Å². The summed E-state index contributed by atoms with van der Waals surface area (Å²) in [5.74, 6) is 0.459. The van der Waals surface area contributed by atoms with Crippen LogP contribution in [0.25, 0.3) is 0 Å². The van der Waals surface area contributed by atoms with Gasteiger partial charge in [-0.25, -0.2) is 0 Å². The average molecular weight is 249 g/mol. The van der Waals surface area contributed by atoms with Crippen LogP contribution >= 0.6 is 0 Å². The molecule has 0 bridgehead atoms. The fourth-order valence-corrected chi connectivity index (χ4v) is 1.40. The molecule has 4 nitrogen and oxygen atoms in total. The zero-order valence-electron chi connectivity index (χ0n) is 11.9. The lowest BCUT2D eigenvalue weighted by Gasteiger charge is -2.20. The van der Waals surface area contributed by atoms with E-state index in [4.69, 9.17) is 0 Å². The Bertz CT molecular complexity index is 408. The molecule has 1 aromatic rings. The first-order valence-corrected chi connectivity index (χ1v) is 6.29. The van der Waals surface area contributed by atoms with Crippen molar-refractivity contribution in [2.75, 3.05) is 11.9 Å². The zero-order chi connectivity index (χ0) is 13.8. The third-order valence-electron chi connectivity index (χ3n) is 2.20. The zero-order valence-corrected chi connectivity index (χ0v) is 11.9. The summed E-state index contributed by atoms with van der Waals surface area (Å²) in [6, 6.07) is 1.83. The summed E-state index contributed by atoms with van der Waals surface area (Å²) in [7, 11) is 0. The molecule has 2 N–H and O–H groups in total. The van der Waals surface area contributed by atoms with Gasteiger partial charge >= 0.3 is 0 Å². The van der Waals surface area contributed by atoms with Crippen LogP contribution in [0.3, 0.4) is 0 Å². The minimum Gasteiger partial charge on any atom is -0.384 e. The topological polar surface area (TPSA) is 54.0 Å². The summed E-state index contributed by atoms with van der Waals surface area (Å²) in [4.78, 5) is 16.1. The van der Waals surface area contributed by atoms with Gasteiger partial charge in [-0.3, -0.25) is 9.78 Å². The summed E-state index contributed by atoms with van der Waals surface area (Å²) in [5, 5.41) is 6.18. The smallest absolute Gasteiger partial charge is 0.253 e. The Hall–Kier alpha value is -1.58. The highest BCUT2D eigenvalue weighted by molar-refractivity contribution is 5.95. The van der Waals surface area contributed by atoms with Gasteiger partial charge in [0.2, 0.25) is 0 Å². The fraction of sp³-hybridized carbons (Fsp3) is 0.571. The minimum absolute atomic E-state index is 0.0943. The van der Waals surface area contributed by atoms with Crippen LogP contribution in [0.5, 0.6) is 0 Å². The molecule has 0 aliphatic carbocycles. The monoisotopic (exact) mass is 249 g/mol. The SMILES string of the molecule is CC(C)CNc1cncc(C(=O)NC(C)(C)C)c1. The quantitative estimate of drug-likeness (QED) is 0.862. The lowest BCUT2D eigenvalue weighted by molar-refractivity contribution is 0.0919. The standard InChI is InChI=1S/C14H23N3O/c1-10(2)7-16-12-6-11(8-15-9-12)13(18)17-14(3,4)5/h6,8-10,16H,7H2,1-5H3,(H,17,18). The van der Waals surface area contributed by atoms with Crippen molar-refractivity contribution in [3.63, 3.8) is 0 Å². The van der Waals surface area contributed by atoms with Crippen molar-refractivity contribution in [3.05, 3.63) is 24.0 Å². The number of carbonyl (C=O) groups excluding carboxylic acids is 1. The molecule has 0 fully saturated rings. The number of carbonyl (C=O) groups is 1. The van der Waals surface area contributed by atoms with Gasteiger partial charge in [-0.1, -0.05) is 13.8 Å². The number of anilines is 1. The maximum atomic E-state index is 12.0. The van der Waals surface area contributed by atoms with E-state index in [0.717, 1.165) is 12.2 Å². The van der Waals surface area contributed by atoms with E-state index in [1.165, 1.54) is 0 Å². The first kappa shape index (κ1) is 14.5. The van der Waals surface area contributed by atoms with Crippen molar-refractivity contribution in [2.45, 2.75) is 40.2 Å². The highest BCUT2D eigenvalue weighted by Gasteiger charge is 2.15. The van der Waals surface area contributed by atoms with E-state index < -0.39 is 0 Å². The van der Waals surface area contributed by atoms with E-state index in [1.807, 2.05) is 26.8 Å². The van der Waals surface area contributed by atoms with E-state index in [0.29, 0.717) is 11.5 Å². The molecular weight excluding hydrogens is 226 g/mol. The van der Waals surface area contributed by atoms with Crippen molar-refractivity contribution in [3.8, 4) is 0 Å². The average Bonchev–Trinajstić information content (AvgIpc) is 2.24. The van der Waals surface area contributed by atoms with Gasteiger partial charge in [0, 0.05) is 24.5 Å². The first-order valence-electron chi connectivity index (χ1n) is 6.29. The van der Waals surface area contributed by atoms with Gasteiger partial charge in [-0.15, -0.1) is 0 Å². The van der Waals surface area contributed by atoms with Crippen molar-refractivity contribution in [2.24, 2.45) is 5.92 Å². The van der Waals surface area contributed by atoms with Crippen LogP contribution < -0.4 is 10.6 Å². The van der Waals surface area contributed by atoms with Crippen LogP contribution in [-0.4, -0.2) is 23.0 Å². The second kappa shape index (κ2) is 5.85. The number of nitrogens with zero attached hydrogens (tertiary/aromatic N) is 1. The van der Waals surface area contributed by atoms with Gasteiger partial charge in [0.25, 0.3) is 5.91 Å². The predicted molar refractivity (Wildman–Crippen MR) is 74.8 cm³/mol. The normalized spacial score (nSPS) is 11.4. The van der Waals surface area contributed by atoms with Gasteiger partial charge in [0.15, 0.2) is 0 Å². The molecule has 0 aliphatic rings. The number of amides is 1. The molecule has 1 amide bonds. The van der Waals surface area contributed by atoms with Gasteiger partial charge in [-0.05, 0) is 32.8 Å². The number of nitrogens with one attached hydrogen (secondary N) is 2. The Morgan fingerprint density at radius 2 is 2.00 bits per heavy atom. The van der Waals surface area contributed by atoms with E-state index in [2.05, 4.69) is 29.5 Å². The second-order valence-electron chi connectivity index (χ2n) is 5.94. The minimum atomic E-state index is -0.238. The summed E-state index contributed by atoms with van der Waals surface area (Å²) >= 11 is 0. The number of aromatic nitrogens is 1. The van der Waals surface area contributed by atoms with Crippen LogP contribution in [-0.2, 0) is 0 Å². The first-order chi connectivity index (χ1) is 8.28. The summed E-state index contributed by atoms with van der Waals surface area (Å²) in [6.45, 7) is 11.0. The molecule has 18 heavy (non-hydrogen) atoms. The molecule has 0 aromatic carbocycles. The Labute approximate surface area is 109 Å². The van der Waals surface area contributed by atoms with Crippen LogP contribution in [0.4, 0.5) is 5.69 Å². The number of hydrogen-bond acceptors (Lipinski definition) is 3. The van der Waals surface area contributed by atoms with Crippen molar-refractivity contribution >= 4 is 11.6 Å². The summed E-state index contributed by atoms with van der Waals surface area (Å²) in [5.41, 5.74) is 1.22. The maximum Gasteiger partial charge on any atom is 0.253 e. The third kappa shape index (κ3) is 5.17. The number of hydrogen-bond donors (Lipinski definition) is 2. The molecule has 1 rings (SSSR count). The molecule has 100 valence electrons. The van der Waals surface area contributed by atoms with Gasteiger partial charge in [-0.2, -0.15) is 0 Å². The number of rotatable bonds is 4. The third-order valence-corrected chi connectivity index (χ3v) is 2.20. The molecule has 0 spiro atoms. The molecule has 0 aliphatic heterocycles. The maximum absolute atomic E-state index is 12.0. The van der Waals surface area contributed by atoms with Crippen LogP contribution in [0, 0.1) is 5.92 Å². The molecule has 1 aromatic heterocycles. The highest BCUT2D eigenvalue weighted by atomic mass is 16.1. The molecule has 0 saturated heterocycles. The molecule has 0 radical (unpaired) electrons. The lowest BCUT2D eigenvalue weighted by Crippen LogP contribution is -2.40. The van der Waals surface area contributed by atoms with Crippen molar-refractivity contribution < 1.29 is 4.79 Å². The Morgan fingerprint density at radius 1 is 1.33 bits per heavy atom. The Balaban J connectivity index is 2.72. The van der Waals surface area contributed by atoms with E-state index in [9.17, 15) is 4.79 Å².